The monoisotopic (exact) mass is 209 g/mol. The third kappa shape index (κ3) is 2.08. The van der Waals surface area contributed by atoms with Gasteiger partial charge in [0.1, 0.15) is 0 Å². The number of para-hydroxylation sites is 1. The molecule has 16 heavy (non-hydrogen) atoms. The average Bonchev–Trinajstić information content (AvgIpc) is 2.30. The minimum Gasteiger partial charge on any atom is -0.211 e. The summed E-state index contributed by atoms with van der Waals surface area (Å²) in [6.07, 6.45) is 1.58. The van der Waals surface area contributed by atoms with Crippen LogP contribution in [0, 0.1) is 6.92 Å². The van der Waals surface area contributed by atoms with E-state index in [1.807, 2.05) is 49.4 Å². The van der Waals surface area contributed by atoms with Crippen molar-refractivity contribution in [3.05, 3.63) is 54.1 Å². The van der Waals surface area contributed by atoms with Crippen LogP contribution in [0.1, 0.15) is 5.56 Å². The van der Waals surface area contributed by atoms with Gasteiger partial charge in [-0.3, -0.25) is 0 Å². The molecule has 78 valence electrons. The maximum Gasteiger partial charge on any atom is 0.240 e. The van der Waals surface area contributed by atoms with E-state index in [9.17, 15) is 4.79 Å². The zero-order valence-electron chi connectivity index (χ0n) is 8.97. The topological polar surface area (TPSA) is 29.4 Å². The molecule has 0 aliphatic rings. The van der Waals surface area contributed by atoms with Gasteiger partial charge in [0.2, 0.25) is 6.08 Å². The van der Waals surface area contributed by atoms with Gasteiger partial charge in [-0.1, -0.05) is 48.0 Å². The van der Waals surface area contributed by atoms with Crippen molar-refractivity contribution in [3.8, 4) is 11.1 Å². The molecule has 0 saturated carbocycles. The molecule has 0 spiro atoms. The van der Waals surface area contributed by atoms with E-state index in [0.29, 0.717) is 5.69 Å². The van der Waals surface area contributed by atoms with E-state index < -0.39 is 0 Å². The van der Waals surface area contributed by atoms with Crippen LogP contribution in [-0.4, -0.2) is 6.08 Å². The molecule has 0 aliphatic heterocycles. The Kier molecular flexibility index (Phi) is 2.95. The molecule has 0 bridgehead atoms. The molecular formula is C14H11NO. The van der Waals surface area contributed by atoms with E-state index in [1.165, 1.54) is 5.56 Å². The van der Waals surface area contributed by atoms with Crippen molar-refractivity contribution in [1.82, 2.24) is 0 Å². The van der Waals surface area contributed by atoms with Gasteiger partial charge >= 0.3 is 0 Å². The quantitative estimate of drug-likeness (QED) is 0.548. The molecule has 0 fully saturated rings. The fourth-order valence-corrected chi connectivity index (χ4v) is 1.68. The van der Waals surface area contributed by atoms with Gasteiger partial charge in [0, 0.05) is 5.56 Å². The van der Waals surface area contributed by atoms with Crippen LogP contribution in [0.15, 0.2) is 53.5 Å². The third-order valence-electron chi connectivity index (χ3n) is 2.40. The van der Waals surface area contributed by atoms with Crippen LogP contribution in [0.3, 0.4) is 0 Å². The summed E-state index contributed by atoms with van der Waals surface area (Å²) in [6, 6.07) is 15.6. The van der Waals surface area contributed by atoms with Crippen LogP contribution < -0.4 is 0 Å². The maximum atomic E-state index is 10.3. The fraction of sp³-hybridized carbons (Fsp3) is 0.0714. The summed E-state index contributed by atoms with van der Waals surface area (Å²) in [5, 5.41) is 0. The first-order chi connectivity index (χ1) is 7.81. The number of carbonyl (C=O) groups excluding carboxylic acids is 1. The highest BCUT2D eigenvalue weighted by molar-refractivity contribution is 5.77. The second-order valence-corrected chi connectivity index (χ2v) is 3.59. The van der Waals surface area contributed by atoms with Gasteiger partial charge in [-0.05, 0) is 18.6 Å². The number of benzene rings is 2. The predicted octanol–water partition coefficient (Wildman–Crippen LogP) is 3.63. The molecule has 0 atom stereocenters. The Balaban J connectivity index is 2.59. The van der Waals surface area contributed by atoms with Crippen LogP contribution in [0.2, 0.25) is 0 Å². The Hall–Kier alpha value is -2.18. The molecule has 2 heteroatoms. The minimum atomic E-state index is 0.656. The normalized spacial score (nSPS) is 9.56. The van der Waals surface area contributed by atoms with Crippen molar-refractivity contribution in [2.45, 2.75) is 6.92 Å². The van der Waals surface area contributed by atoms with Crippen molar-refractivity contribution in [3.63, 3.8) is 0 Å². The van der Waals surface area contributed by atoms with E-state index in [-0.39, 0.29) is 0 Å². The first-order valence-electron chi connectivity index (χ1n) is 5.05. The van der Waals surface area contributed by atoms with Gasteiger partial charge in [-0.25, -0.2) is 4.79 Å². The summed E-state index contributed by atoms with van der Waals surface area (Å²) < 4.78 is 0. The zero-order chi connectivity index (χ0) is 11.4. The Morgan fingerprint density at radius 1 is 1.06 bits per heavy atom. The second kappa shape index (κ2) is 4.56. The highest BCUT2D eigenvalue weighted by Gasteiger charge is 2.03. The molecule has 0 amide bonds. The molecule has 0 N–H and O–H groups in total. The highest BCUT2D eigenvalue weighted by atomic mass is 16.1. The Morgan fingerprint density at radius 2 is 1.88 bits per heavy atom. The molecule has 0 saturated heterocycles. The van der Waals surface area contributed by atoms with Crippen LogP contribution in [-0.2, 0) is 4.79 Å². The first kappa shape index (κ1) is 10.3. The molecule has 0 unspecified atom stereocenters. The number of isocyanates is 1. The maximum absolute atomic E-state index is 10.3. The third-order valence-corrected chi connectivity index (χ3v) is 2.40. The minimum absolute atomic E-state index is 0.656. The van der Waals surface area contributed by atoms with Gasteiger partial charge in [0.15, 0.2) is 0 Å². The van der Waals surface area contributed by atoms with E-state index in [0.717, 1.165) is 11.1 Å². The Morgan fingerprint density at radius 3 is 2.62 bits per heavy atom. The number of aliphatic imine (C=N–C) groups is 1. The molecule has 2 aromatic carbocycles. The lowest BCUT2D eigenvalue weighted by molar-refractivity contribution is 0.565. The lowest BCUT2D eigenvalue weighted by Gasteiger charge is -2.05. The Labute approximate surface area is 94.3 Å². The summed E-state index contributed by atoms with van der Waals surface area (Å²) in [7, 11) is 0. The van der Waals surface area contributed by atoms with Gasteiger partial charge in [0.25, 0.3) is 0 Å². The van der Waals surface area contributed by atoms with Crippen molar-refractivity contribution in [1.29, 1.82) is 0 Å². The molecule has 0 heterocycles. The largest absolute Gasteiger partial charge is 0.240 e. The summed E-state index contributed by atoms with van der Waals surface area (Å²) >= 11 is 0. The van der Waals surface area contributed by atoms with E-state index in [1.54, 1.807) is 6.08 Å². The van der Waals surface area contributed by atoms with Gasteiger partial charge in [-0.15, -0.1) is 0 Å². The molecule has 0 radical (unpaired) electrons. The summed E-state index contributed by atoms with van der Waals surface area (Å²) in [5.74, 6) is 0. The fourth-order valence-electron chi connectivity index (χ4n) is 1.68. The molecule has 0 aromatic heterocycles. The lowest BCUT2D eigenvalue weighted by atomic mass is 10.0. The Bertz CT molecular complexity index is 554. The molecule has 2 rings (SSSR count). The van der Waals surface area contributed by atoms with Crippen LogP contribution in [0.4, 0.5) is 5.69 Å². The molecule has 2 nitrogen and oxygen atoms in total. The van der Waals surface area contributed by atoms with Crippen LogP contribution in [0.25, 0.3) is 11.1 Å². The SMILES string of the molecule is Cc1cccc(-c2ccccc2N=C=O)c1. The van der Waals surface area contributed by atoms with E-state index >= 15 is 0 Å². The summed E-state index contributed by atoms with van der Waals surface area (Å²) in [4.78, 5) is 14.0. The smallest absolute Gasteiger partial charge is 0.211 e. The van der Waals surface area contributed by atoms with Crippen molar-refractivity contribution in [2.24, 2.45) is 4.99 Å². The molecular weight excluding hydrogens is 198 g/mol. The first-order valence-corrected chi connectivity index (χ1v) is 5.05. The summed E-state index contributed by atoms with van der Waals surface area (Å²) in [6.45, 7) is 2.04. The number of rotatable bonds is 2. The molecule has 0 aliphatic carbocycles. The number of hydrogen-bond acceptors (Lipinski definition) is 2. The van der Waals surface area contributed by atoms with Crippen LogP contribution in [0.5, 0.6) is 0 Å². The number of nitrogens with zero attached hydrogens (tertiary/aromatic N) is 1. The van der Waals surface area contributed by atoms with Gasteiger partial charge in [0.05, 0.1) is 5.69 Å². The molecule has 2 aromatic rings. The van der Waals surface area contributed by atoms with Crippen molar-refractivity contribution in [2.75, 3.05) is 0 Å². The predicted molar refractivity (Wildman–Crippen MR) is 64.4 cm³/mol. The van der Waals surface area contributed by atoms with Gasteiger partial charge < -0.3 is 0 Å². The van der Waals surface area contributed by atoms with Crippen molar-refractivity contribution >= 4 is 11.8 Å². The van der Waals surface area contributed by atoms with Crippen LogP contribution >= 0.6 is 0 Å². The van der Waals surface area contributed by atoms with E-state index in [4.69, 9.17) is 0 Å². The standard InChI is InChI=1S/C14H11NO/c1-11-5-4-6-12(9-11)13-7-2-3-8-14(13)15-10-16/h2-9H,1H3. The van der Waals surface area contributed by atoms with E-state index in [2.05, 4.69) is 11.1 Å². The lowest BCUT2D eigenvalue weighted by Crippen LogP contribution is -1.80. The summed E-state index contributed by atoms with van der Waals surface area (Å²) in [5.41, 5.74) is 3.86. The van der Waals surface area contributed by atoms with Crippen molar-refractivity contribution < 1.29 is 4.79 Å². The number of aryl methyl sites for hydroxylation is 1. The van der Waals surface area contributed by atoms with Gasteiger partial charge in [-0.2, -0.15) is 4.99 Å². The highest BCUT2D eigenvalue weighted by Crippen LogP contribution is 2.29. The number of hydrogen-bond donors (Lipinski definition) is 0. The average molecular weight is 209 g/mol. The zero-order valence-corrected chi connectivity index (χ0v) is 8.97. The second-order valence-electron chi connectivity index (χ2n) is 3.59.